The number of hydrogen-bond donors (Lipinski definition) is 0. The van der Waals surface area contributed by atoms with Crippen LogP contribution in [0.2, 0.25) is 5.22 Å². The molecule has 1 aliphatic heterocycles. The molecule has 1 aromatic heterocycles. The largest absolute Gasteiger partial charge is 0.496 e. The number of benzene rings is 1. The SMILES string of the molecule is COc1ccccc1C[C@@H]1CCCN1C(=O)Cc1c(C)noc1Cl. The molecule has 2 aromatic rings. The zero-order valence-electron chi connectivity index (χ0n) is 13.9. The van der Waals surface area contributed by atoms with E-state index in [1.165, 1.54) is 0 Å². The first kappa shape index (κ1) is 16.8. The van der Waals surface area contributed by atoms with Crippen molar-refractivity contribution in [3.63, 3.8) is 0 Å². The number of carbonyl (C=O) groups excluding carboxylic acids is 1. The third-order valence-corrected chi connectivity index (χ3v) is 4.91. The number of carbonyl (C=O) groups is 1. The van der Waals surface area contributed by atoms with Crippen LogP contribution in [-0.4, -0.2) is 35.7 Å². The van der Waals surface area contributed by atoms with E-state index in [-0.39, 0.29) is 23.6 Å². The van der Waals surface area contributed by atoms with Crippen molar-refractivity contribution in [2.24, 2.45) is 0 Å². The average molecular weight is 349 g/mol. The molecular weight excluding hydrogens is 328 g/mol. The van der Waals surface area contributed by atoms with Gasteiger partial charge in [0.1, 0.15) is 5.75 Å². The molecule has 0 bridgehead atoms. The van der Waals surface area contributed by atoms with E-state index in [1.54, 1.807) is 14.0 Å². The van der Waals surface area contributed by atoms with Crippen LogP contribution in [0.3, 0.4) is 0 Å². The highest BCUT2D eigenvalue weighted by atomic mass is 35.5. The van der Waals surface area contributed by atoms with Crippen molar-refractivity contribution in [3.05, 3.63) is 46.3 Å². The highest BCUT2D eigenvalue weighted by Crippen LogP contribution is 2.27. The molecule has 0 aliphatic carbocycles. The Balaban J connectivity index is 1.72. The third kappa shape index (κ3) is 3.41. The van der Waals surface area contributed by atoms with Gasteiger partial charge in [-0.25, -0.2) is 0 Å². The van der Waals surface area contributed by atoms with E-state index in [0.29, 0.717) is 11.3 Å². The van der Waals surface area contributed by atoms with E-state index in [1.807, 2.05) is 23.1 Å². The average Bonchev–Trinajstić information content (AvgIpc) is 3.17. The number of ether oxygens (including phenoxy) is 1. The van der Waals surface area contributed by atoms with Crippen molar-refractivity contribution in [2.75, 3.05) is 13.7 Å². The smallest absolute Gasteiger partial charge is 0.229 e. The molecule has 2 heterocycles. The standard InChI is InChI=1S/C18H21ClN2O3/c1-12-15(18(19)24-20-12)11-17(22)21-9-5-7-14(21)10-13-6-3-4-8-16(13)23-2/h3-4,6,8,14H,5,7,9-11H2,1-2H3/t14-/m0/s1. The molecule has 5 nitrogen and oxygen atoms in total. The van der Waals surface area contributed by atoms with Gasteiger partial charge in [0.15, 0.2) is 0 Å². The van der Waals surface area contributed by atoms with Crippen LogP contribution in [0.4, 0.5) is 0 Å². The molecule has 1 amide bonds. The van der Waals surface area contributed by atoms with Crippen LogP contribution < -0.4 is 4.74 Å². The van der Waals surface area contributed by atoms with Crippen LogP contribution in [0.5, 0.6) is 5.75 Å². The lowest BCUT2D eigenvalue weighted by Crippen LogP contribution is -2.38. The van der Waals surface area contributed by atoms with Gasteiger partial charge in [-0.05, 0) is 49.4 Å². The first-order valence-corrected chi connectivity index (χ1v) is 8.50. The van der Waals surface area contributed by atoms with Crippen molar-refractivity contribution in [2.45, 2.75) is 38.6 Å². The number of rotatable bonds is 5. The molecule has 1 aromatic carbocycles. The number of hydrogen-bond acceptors (Lipinski definition) is 4. The van der Waals surface area contributed by atoms with E-state index >= 15 is 0 Å². The summed E-state index contributed by atoms with van der Waals surface area (Å²) in [5.41, 5.74) is 2.49. The number of amides is 1. The number of aromatic nitrogens is 1. The van der Waals surface area contributed by atoms with Gasteiger partial charge in [-0.2, -0.15) is 0 Å². The minimum atomic E-state index is 0.0700. The van der Waals surface area contributed by atoms with Crippen molar-refractivity contribution >= 4 is 17.5 Å². The molecule has 0 unspecified atom stereocenters. The van der Waals surface area contributed by atoms with E-state index in [0.717, 1.165) is 37.1 Å². The highest BCUT2D eigenvalue weighted by molar-refractivity contribution is 6.29. The van der Waals surface area contributed by atoms with Crippen molar-refractivity contribution in [1.29, 1.82) is 0 Å². The quantitative estimate of drug-likeness (QED) is 0.830. The summed E-state index contributed by atoms with van der Waals surface area (Å²) in [6.07, 6.45) is 3.05. The Kier molecular flexibility index (Phi) is 5.09. The fraction of sp³-hybridized carbons (Fsp3) is 0.444. The first-order valence-electron chi connectivity index (χ1n) is 8.12. The second-order valence-electron chi connectivity index (χ2n) is 6.10. The lowest BCUT2D eigenvalue weighted by Gasteiger charge is -2.25. The molecule has 1 saturated heterocycles. The summed E-state index contributed by atoms with van der Waals surface area (Å²) in [5, 5.41) is 4.02. The van der Waals surface area contributed by atoms with E-state index in [4.69, 9.17) is 20.9 Å². The maximum atomic E-state index is 12.7. The summed E-state index contributed by atoms with van der Waals surface area (Å²) in [4.78, 5) is 14.7. The maximum Gasteiger partial charge on any atom is 0.229 e. The Bertz CT molecular complexity index is 709. The van der Waals surface area contributed by atoms with Crippen molar-refractivity contribution in [1.82, 2.24) is 10.1 Å². The lowest BCUT2D eigenvalue weighted by atomic mass is 10.0. The van der Waals surface area contributed by atoms with Crippen LogP contribution in [0.25, 0.3) is 0 Å². The summed E-state index contributed by atoms with van der Waals surface area (Å²) in [6.45, 7) is 2.58. The molecule has 3 rings (SSSR count). The number of halogens is 1. The molecule has 24 heavy (non-hydrogen) atoms. The fourth-order valence-electron chi connectivity index (χ4n) is 3.31. The molecular formula is C18H21ClN2O3. The number of nitrogens with zero attached hydrogens (tertiary/aromatic N) is 2. The molecule has 1 aliphatic rings. The van der Waals surface area contributed by atoms with Gasteiger partial charge >= 0.3 is 0 Å². The Hall–Kier alpha value is -2.01. The van der Waals surface area contributed by atoms with Crippen molar-refractivity contribution in [3.8, 4) is 5.75 Å². The zero-order chi connectivity index (χ0) is 17.1. The maximum absolute atomic E-state index is 12.7. The number of aryl methyl sites for hydroxylation is 1. The topological polar surface area (TPSA) is 55.6 Å². The summed E-state index contributed by atoms with van der Waals surface area (Å²) in [6, 6.07) is 8.15. The second kappa shape index (κ2) is 7.26. The molecule has 128 valence electrons. The summed E-state index contributed by atoms with van der Waals surface area (Å²) < 4.78 is 10.4. The molecule has 0 N–H and O–H groups in total. The minimum Gasteiger partial charge on any atom is -0.496 e. The Morgan fingerprint density at radius 2 is 2.25 bits per heavy atom. The van der Waals surface area contributed by atoms with E-state index in [2.05, 4.69) is 11.2 Å². The summed E-state index contributed by atoms with van der Waals surface area (Å²) in [7, 11) is 1.67. The van der Waals surface area contributed by atoms with Crippen LogP contribution in [0.15, 0.2) is 28.8 Å². The molecule has 1 atom stereocenters. The first-order chi connectivity index (χ1) is 11.6. The third-order valence-electron chi connectivity index (χ3n) is 4.61. The van der Waals surface area contributed by atoms with Gasteiger partial charge < -0.3 is 14.2 Å². The van der Waals surface area contributed by atoms with Crippen molar-refractivity contribution < 1.29 is 14.1 Å². The van der Waals surface area contributed by atoms with Crippen LogP contribution in [0.1, 0.15) is 29.7 Å². The fourth-order valence-corrected chi connectivity index (χ4v) is 3.55. The van der Waals surface area contributed by atoms with Crippen LogP contribution >= 0.6 is 11.6 Å². The van der Waals surface area contributed by atoms with Gasteiger partial charge in [0.25, 0.3) is 0 Å². The summed E-state index contributed by atoms with van der Waals surface area (Å²) >= 11 is 5.99. The molecule has 6 heteroatoms. The predicted molar refractivity (Wildman–Crippen MR) is 91.4 cm³/mol. The molecule has 0 radical (unpaired) electrons. The monoisotopic (exact) mass is 348 g/mol. The molecule has 0 saturated carbocycles. The lowest BCUT2D eigenvalue weighted by molar-refractivity contribution is -0.131. The van der Waals surface area contributed by atoms with E-state index < -0.39 is 0 Å². The van der Waals surface area contributed by atoms with Gasteiger partial charge in [0.05, 0.1) is 19.2 Å². The Morgan fingerprint density at radius 1 is 1.46 bits per heavy atom. The van der Waals surface area contributed by atoms with Gasteiger partial charge in [-0.3, -0.25) is 4.79 Å². The zero-order valence-corrected chi connectivity index (χ0v) is 14.7. The number of likely N-dealkylation sites (tertiary alicyclic amines) is 1. The van der Waals surface area contributed by atoms with Gasteiger partial charge in [0, 0.05) is 18.2 Å². The highest BCUT2D eigenvalue weighted by Gasteiger charge is 2.30. The Labute approximate surface area is 146 Å². The second-order valence-corrected chi connectivity index (χ2v) is 6.44. The van der Waals surface area contributed by atoms with Gasteiger partial charge in [0.2, 0.25) is 11.1 Å². The van der Waals surface area contributed by atoms with Crippen LogP contribution in [-0.2, 0) is 17.6 Å². The number of methoxy groups -OCH3 is 1. The Morgan fingerprint density at radius 3 is 2.96 bits per heavy atom. The normalized spacial score (nSPS) is 17.3. The molecule has 0 spiro atoms. The van der Waals surface area contributed by atoms with Crippen LogP contribution in [0, 0.1) is 6.92 Å². The predicted octanol–water partition coefficient (Wildman–Crippen LogP) is 3.42. The minimum absolute atomic E-state index is 0.0700. The van der Waals surface area contributed by atoms with E-state index in [9.17, 15) is 4.79 Å². The number of para-hydroxylation sites is 1. The molecule has 1 fully saturated rings. The summed E-state index contributed by atoms with van der Waals surface area (Å²) in [5.74, 6) is 0.940. The van der Waals surface area contributed by atoms with Gasteiger partial charge in [-0.15, -0.1) is 0 Å². The van der Waals surface area contributed by atoms with Gasteiger partial charge in [-0.1, -0.05) is 23.4 Å².